The first-order chi connectivity index (χ1) is 23.9. The molecule has 0 amide bonds. The Hall–Kier alpha value is -3.81. The van der Waals surface area contributed by atoms with Gasteiger partial charge >= 0.3 is 41.8 Å². The van der Waals surface area contributed by atoms with Crippen LogP contribution in [0.1, 0.15) is 74.1 Å². The van der Waals surface area contributed by atoms with Gasteiger partial charge in [0.05, 0.1) is 0 Å². The van der Waals surface area contributed by atoms with Crippen molar-refractivity contribution in [3.63, 3.8) is 0 Å². The van der Waals surface area contributed by atoms with Crippen LogP contribution in [0, 0.1) is 0 Å². The van der Waals surface area contributed by atoms with Gasteiger partial charge in [-0.25, -0.2) is 0 Å². The van der Waals surface area contributed by atoms with Gasteiger partial charge in [-0.1, -0.05) is 0 Å². The molecule has 0 radical (unpaired) electrons. The average Bonchev–Trinajstić information content (AvgIpc) is 2.99. The summed E-state index contributed by atoms with van der Waals surface area (Å²) in [6.45, 7) is 6.57. The van der Waals surface area contributed by atoms with Crippen molar-refractivity contribution in [3.8, 4) is 0 Å². The van der Waals surface area contributed by atoms with E-state index < -0.39 is 116 Å². The van der Waals surface area contributed by atoms with Gasteiger partial charge in [-0.15, -0.1) is 11.8 Å². The number of carbonyl (C=O) groups excluding carboxylic acids is 8. The van der Waals surface area contributed by atoms with Crippen molar-refractivity contribution in [2.45, 2.75) is 140 Å². The van der Waals surface area contributed by atoms with E-state index in [0.717, 1.165) is 48.5 Å². The topological polar surface area (TPSA) is 229 Å². The number of ketones is 1. The van der Waals surface area contributed by atoms with Gasteiger partial charge in [-0.05, 0) is 12.8 Å². The summed E-state index contributed by atoms with van der Waals surface area (Å²) in [5.74, 6) is -5.67. The number of carbonyl (C=O) groups is 8. The van der Waals surface area contributed by atoms with Crippen LogP contribution in [0.5, 0.6) is 0 Å². The third-order valence-corrected chi connectivity index (χ3v) is 9.08. The molecule has 3 rings (SSSR count). The van der Waals surface area contributed by atoms with Gasteiger partial charge in [0.15, 0.2) is 36.8 Å². The monoisotopic (exact) mass is 748 g/mol. The molecule has 1 aliphatic carbocycles. The van der Waals surface area contributed by atoms with Crippen LogP contribution in [0.15, 0.2) is 0 Å². The molecule has 0 aromatic carbocycles. The zero-order valence-electron chi connectivity index (χ0n) is 29.4. The second-order valence-corrected chi connectivity index (χ2v) is 13.5. The molecular weight excluding hydrogens is 704 g/mol. The average molecular weight is 749 g/mol. The third kappa shape index (κ3) is 12.7. The van der Waals surface area contributed by atoms with Gasteiger partial charge in [-0.2, -0.15) is 0 Å². The molecule has 0 N–H and O–H groups in total. The number of ether oxygens (including phenoxy) is 10. The van der Waals surface area contributed by atoms with Crippen molar-refractivity contribution in [1.29, 1.82) is 0 Å². The van der Waals surface area contributed by atoms with E-state index in [1.54, 1.807) is 0 Å². The maximum absolute atomic E-state index is 12.6. The fourth-order valence-corrected chi connectivity index (χ4v) is 7.41. The Morgan fingerprint density at radius 1 is 0.588 bits per heavy atom. The molecule has 3 aliphatic rings. The molecular formula is C32H44O18S. The summed E-state index contributed by atoms with van der Waals surface area (Å²) in [6, 6.07) is 0. The molecule has 1 unspecified atom stereocenters. The van der Waals surface area contributed by atoms with E-state index >= 15 is 0 Å². The van der Waals surface area contributed by atoms with Gasteiger partial charge in [0.2, 0.25) is 0 Å². The van der Waals surface area contributed by atoms with Crippen LogP contribution in [0.4, 0.5) is 0 Å². The number of thioether (sulfide) groups is 1. The fraction of sp³-hybridized carbons (Fsp3) is 0.750. The summed E-state index contributed by atoms with van der Waals surface area (Å²) in [6.07, 6.45) is -11.7. The van der Waals surface area contributed by atoms with E-state index in [1.807, 2.05) is 0 Å². The van der Waals surface area contributed by atoms with Gasteiger partial charge in [0.1, 0.15) is 42.7 Å². The minimum absolute atomic E-state index is 0.0384. The van der Waals surface area contributed by atoms with E-state index in [2.05, 4.69) is 0 Å². The summed E-state index contributed by atoms with van der Waals surface area (Å²) in [4.78, 5) is 97.9. The highest BCUT2D eigenvalue weighted by molar-refractivity contribution is 8.00. The number of Topliss-reactive ketones (excluding diaryl/α,β-unsaturated/α-hetero) is 1. The van der Waals surface area contributed by atoms with Crippen LogP contribution in [0.2, 0.25) is 0 Å². The van der Waals surface area contributed by atoms with Crippen LogP contribution in [-0.2, 0) is 85.7 Å². The number of rotatable bonds is 13. The largest absolute Gasteiger partial charge is 0.463 e. The summed E-state index contributed by atoms with van der Waals surface area (Å²) in [5, 5.41) is -0.251. The van der Waals surface area contributed by atoms with Crippen LogP contribution < -0.4 is 0 Å². The normalized spacial score (nSPS) is 32.1. The maximum atomic E-state index is 12.6. The van der Waals surface area contributed by atoms with E-state index in [4.69, 9.17) is 47.4 Å². The van der Waals surface area contributed by atoms with E-state index in [1.165, 1.54) is 11.8 Å². The first-order valence-corrected chi connectivity index (χ1v) is 17.2. The van der Waals surface area contributed by atoms with E-state index in [0.29, 0.717) is 19.3 Å². The minimum atomic E-state index is -1.77. The van der Waals surface area contributed by atoms with Crippen LogP contribution in [0.3, 0.4) is 0 Å². The smallest absolute Gasteiger partial charge is 0.303 e. The highest BCUT2D eigenvalue weighted by Gasteiger charge is 2.57. The predicted octanol–water partition coefficient (Wildman–Crippen LogP) is 0.851. The molecule has 0 aromatic heterocycles. The van der Waals surface area contributed by atoms with Gasteiger partial charge in [0, 0.05) is 66.6 Å². The van der Waals surface area contributed by atoms with Crippen molar-refractivity contribution in [3.05, 3.63) is 0 Å². The van der Waals surface area contributed by atoms with E-state index in [-0.39, 0.29) is 17.5 Å². The maximum Gasteiger partial charge on any atom is 0.303 e. The molecule has 11 atom stereocenters. The first-order valence-electron chi connectivity index (χ1n) is 16.2. The van der Waals surface area contributed by atoms with Gasteiger partial charge in [0.25, 0.3) is 0 Å². The molecule has 286 valence electrons. The first kappa shape index (κ1) is 41.6. The Morgan fingerprint density at radius 3 is 1.53 bits per heavy atom. The Balaban J connectivity index is 2.14. The highest BCUT2D eigenvalue weighted by Crippen LogP contribution is 2.41. The lowest BCUT2D eigenvalue weighted by Crippen LogP contribution is -2.67. The van der Waals surface area contributed by atoms with E-state index in [9.17, 15) is 38.4 Å². The zero-order valence-corrected chi connectivity index (χ0v) is 30.2. The number of hydrogen-bond acceptors (Lipinski definition) is 19. The minimum Gasteiger partial charge on any atom is -0.463 e. The van der Waals surface area contributed by atoms with Crippen LogP contribution in [0.25, 0.3) is 0 Å². The van der Waals surface area contributed by atoms with Crippen LogP contribution in [-0.4, -0.2) is 127 Å². The molecule has 2 saturated heterocycles. The zero-order chi connectivity index (χ0) is 38.0. The molecule has 0 spiro atoms. The molecule has 19 heteroatoms. The lowest BCUT2D eigenvalue weighted by Gasteiger charge is -2.49. The second-order valence-electron chi connectivity index (χ2n) is 12.1. The molecule has 18 nitrogen and oxygen atoms in total. The molecule has 51 heavy (non-hydrogen) atoms. The fourth-order valence-electron chi connectivity index (χ4n) is 5.87. The molecule has 3 fully saturated rings. The number of esters is 7. The molecule has 2 aliphatic heterocycles. The Bertz CT molecular complexity index is 1320. The quantitative estimate of drug-likeness (QED) is 0.188. The Morgan fingerprint density at radius 2 is 1.04 bits per heavy atom. The van der Waals surface area contributed by atoms with Crippen molar-refractivity contribution >= 4 is 59.3 Å². The number of hydrogen-bond donors (Lipinski definition) is 0. The van der Waals surface area contributed by atoms with Crippen molar-refractivity contribution in [2.24, 2.45) is 0 Å². The second kappa shape index (κ2) is 19.1. The Kier molecular flexibility index (Phi) is 15.6. The standard InChI is InChI=1S/C32H44O18S/c1-14(33)41-12-23-25(43-16(3)35)27(44-17(4)36)29(46-19(6)38)31(48-23)50-26-24(13-42-15(2)34)49-32(51-22-10-8-9-21(40)11-22)30(47-20(7)39)28(26)45-18(5)37/h22-32H,8-13H2,1-7H3/t22?,23-,24-,25+,26-,27+,28+,29-,30-,31+,32+/m1/s1. The van der Waals surface area contributed by atoms with Crippen molar-refractivity contribution in [2.75, 3.05) is 13.2 Å². The van der Waals surface area contributed by atoms with Crippen molar-refractivity contribution in [1.82, 2.24) is 0 Å². The SMILES string of the molecule is CC(=O)OC[C@H]1O[C@@H](O[C@H]2[C@H](OC(C)=O)[C@@H](OC(C)=O)[C@H](SC3CCCC(=O)C3)O[C@@H]2COC(C)=O)[C@H](OC(C)=O)[C@@H](OC(C)=O)[C@H]1OC(C)=O. The third-order valence-electron chi connectivity index (χ3n) is 7.65. The summed E-state index contributed by atoms with van der Waals surface area (Å²) < 4.78 is 56.9. The highest BCUT2D eigenvalue weighted by atomic mass is 32.2. The lowest BCUT2D eigenvalue weighted by molar-refractivity contribution is -0.341. The predicted molar refractivity (Wildman–Crippen MR) is 168 cm³/mol. The lowest BCUT2D eigenvalue weighted by atomic mass is 9.96. The molecule has 0 bridgehead atoms. The summed E-state index contributed by atoms with van der Waals surface area (Å²) in [7, 11) is 0. The summed E-state index contributed by atoms with van der Waals surface area (Å²) >= 11 is 1.18. The molecule has 0 aromatic rings. The Labute approximate surface area is 298 Å². The van der Waals surface area contributed by atoms with Gasteiger partial charge in [-0.3, -0.25) is 38.4 Å². The molecule has 2 heterocycles. The van der Waals surface area contributed by atoms with Crippen LogP contribution >= 0.6 is 11.8 Å². The summed E-state index contributed by atoms with van der Waals surface area (Å²) in [5.41, 5.74) is -1.06. The van der Waals surface area contributed by atoms with Gasteiger partial charge < -0.3 is 47.4 Å². The van der Waals surface area contributed by atoms with Crippen molar-refractivity contribution < 1.29 is 85.7 Å². The molecule has 1 saturated carbocycles.